The summed E-state index contributed by atoms with van der Waals surface area (Å²) < 4.78 is 16.4. The first kappa shape index (κ1) is 22.3. The molecule has 0 aliphatic carbocycles. The Balaban J connectivity index is 1.06. The minimum atomic E-state index is -0.195. The third kappa shape index (κ3) is 5.18. The minimum absolute atomic E-state index is 0.118. The van der Waals surface area contributed by atoms with Crippen LogP contribution in [0, 0.1) is 0 Å². The highest BCUT2D eigenvalue weighted by atomic mass is 32.1. The lowest BCUT2D eigenvalue weighted by Crippen LogP contribution is -2.45. The SMILES string of the molecule is COc1ccc2ncc(OCCN3CCC(NC(=O)c4cc(-c5cccs5)on4)CC3)nc2c1. The van der Waals surface area contributed by atoms with Crippen LogP contribution in [0.5, 0.6) is 11.6 Å². The zero-order chi connectivity index (χ0) is 23.3. The number of rotatable bonds is 8. The number of benzene rings is 1. The quantitative estimate of drug-likeness (QED) is 0.409. The largest absolute Gasteiger partial charge is 0.497 e. The molecule has 1 amide bonds. The molecule has 1 fully saturated rings. The molecule has 1 aromatic carbocycles. The van der Waals surface area contributed by atoms with Gasteiger partial charge in [0.15, 0.2) is 11.5 Å². The van der Waals surface area contributed by atoms with Crippen LogP contribution in [0.4, 0.5) is 0 Å². The first-order valence-corrected chi connectivity index (χ1v) is 12.0. The highest BCUT2D eigenvalue weighted by Crippen LogP contribution is 2.25. The number of methoxy groups -OCH3 is 1. The van der Waals surface area contributed by atoms with Gasteiger partial charge in [0.25, 0.3) is 5.91 Å². The van der Waals surface area contributed by atoms with E-state index in [-0.39, 0.29) is 11.9 Å². The first-order valence-electron chi connectivity index (χ1n) is 11.2. The van der Waals surface area contributed by atoms with E-state index < -0.39 is 0 Å². The Bertz CT molecular complexity index is 1250. The maximum Gasteiger partial charge on any atom is 0.273 e. The summed E-state index contributed by atoms with van der Waals surface area (Å²) in [5, 5.41) is 8.96. The summed E-state index contributed by atoms with van der Waals surface area (Å²) in [6.45, 7) is 3.07. The molecule has 0 radical (unpaired) electrons. The van der Waals surface area contributed by atoms with E-state index in [4.69, 9.17) is 14.0 Å². The third-order valence-electron chi connectivity index (χ3n) is 5.81. The highest BCUT2D eigenvalue weighted by molar-refractivity contribution is 7.13. The van der Waals surface area contributed by atoms with Crippen LogP contribution in [0.1, 0.15) is 23.3 Å². The summed E-state index contributed by atoms with van der Waals surface area (Å²) in [5.41, 5.74) is 1.85. The number of nitrogens with one attached hydrogen (secondary N) is 1. The van der Waals surface area contributed by atoms with Crippen molar-refractivity contribution >= 4 is 28.3 Å². The fourth-order valence-corrected chi connectivity index (χ4v) is 4.60. The minimum Gasteiger partial charge on any atom is -0.497 e. The molecule has 34 heavy (non-hydrogen) atoms. The number of ether oxygens (including phenoxy) is 2. The fourth-order valence-electron chi connectivity index (χ4n) is 3.93. The van der Waals surface area contributed by atoms with E-state index >= 15 is 0 Å². The van der Waals surface area contributed by atoms with Crippen LogP contribution < -0.4 is 14.8 Å². The summed E-state index contributed by atoms with van der Waals surface area (Å²) in [4.78, 5) is 24.7. The van der Waals surface area contributed by atoms with E-state index in [0.29, 0.717) is 23.9 Å². The van der Waals surface area contributed by atoms with Gasteiger partial charge in [-0.15, -0.1) is 11.3 Å². The zero-order valence-electron chi connectivity index (χ0n) is 18.8. The number of thiophene rings is 1. The summed E-state index contributed by atoms with van der Waals surface area (Å²) >= 11 is 1.55. The standard InChI is InChI=1S/C24H25N5O4S/c1-31-17-4-5-18-19(13-17)27-23(15-25-18)32-11-10-29-8-6-16(7-9-29)26-24(30)20-14-21(33-28-20)22-3-2-12-34-22/h2-5,12-16H,6-11H2,1H3,(H,26,30). The molecule has 176 valence electrons. The lowest BCUT2D eigenvalue weighted by atomic mass is 10.0. The van der Waals surface area contributed by atoms with Crippen molar-refractivity contribution in [2.75, 3.05) is 33.4 Å². The van der Waals surface area contributed by atoms with Crippen molar-refractivity contribution in [3.05, 3.63) is 53.7 Å². The topological polar surface area (TPSA) is 103 Å². The van der Waals surface area contributed by atoms with Crippen LogP contribution >= 0.6 is 11.3 Å². The molecule has 0 spiro atoms. The van der Waals surface area contributed by atoms with E-state index in [9.17, 15) is 4.79 Å². The Hall–Kier alpha value is -3.50. The Labute approximate surface area is 200 Å². The molecular formula is C24H25N5O4S. The first-order chi connectivity index (χ1) is 16.7. The van der Waals surface area contributed by atoms with E-state index in [1.165, 1.54) is 0 Å². The van der Waals surface area contributed by atoms with Crippen molar-refractivity contribution in [1.82, 2.24) is 25.3 Å². The zero-order valence-corrected chi connectivity index (χ0v) is 19.6. The number of carbonyl (C=O) groups excluding carboxylic acids is 1. The number of carbonyl (C=O) groups is 1. The second kappa shape index (κ2) is 10.2. The Kier molecular flexibility index (Phi) is 6.68. The fraction of sp³-hybridized carbons (Fsp3) is 0.333. The molecule has 0 saturated carbocycles. The number of nitrogens with zero attached hydrogens (tertiary/aromatic N) is 4. The molecule has 0 atom stereocenters. The number of hydrogen-bond donors (Lipinski definition) is 1. The lowest BCUT2D eigenvalue weighted by molar-refractivity contribution is 0.0896. The average Bonchev–Trinajstić information content (AvgIpc) is 3.57. The molecule has 0 bridgehead atoms. The number of aromatic nitrogens is 3. The second-order valence-corrected chi connectivity index (χ2v) is 9.00. The Morgan fingerprint density at radius 3 is 2.91 bits per heavy atom. The number of piperidine rings is 1. The van der Waals surface area contributed by atoms with Crippen LogP contribution in [-0.2, 0) is 0 Å². The molecular weight excluding hydrogens is 454 g/mol. The molecule has 4 aromatic rings. The smallest absolute Gasteiger partial charge is 0.273 e. The van der Waals surface area contributed by atoms with Gasteiger partial charge in [0.2, 0.25) is 5.88 Å². The van der Waals surface area contributed by atoms with Gasteiger partial charge < -0.3 is 19.3 Å². The molecule has 1 N–H and O–H groups in total. The van der Waals surface area contributed by atoms with Crippen molar-refractivity contribution < 1.29 is 18.8 Å². The molecule has 10 heteroatoms. The van der Waals surface area contributed by atoms with Gasteiger partial charge in [-0.2, -0.15) is 0 Å². The van der Waals surface area contributed by atoms with Crippen molar-refractivity contribution in [1.29, 1.82) is 0 Å². The van der Waals surface area contributed by atoms with Gasteiger partial charge >= 0.3 is 0 Å². The number of fused-ring (bicyclic) bond motifs is 1. The van der Waals surface area contributed by atoms with Crippen LogP contribution in [0.3, 0.4) is 0 Å². The molecule has 1 aliphatic heterocycles. The normalized spacial score (nSPS) is 14.9. The maximum atomic E-state index is 12.6. The highest BCUT2D eigenvalue weighted by Gasteiger charge is 2.23. The van der Waals surface area contributed by atoms with E-state index in [1.807, 2.05) is 35.7 Å². The summed E-state index contributed by atoms with van der Waals surface area (Å²) in [6, 6.07) is 11.3. The Morgan fingerprint density at radius 2 is 2.12 bits per heavy atom. The summed E-state index contributed by atoms with van der Waals surface area (Å²) in [7, 11) is 1.63. The van der Waals surface area contributed by atoms with Gasteiger partial charge in [-0.3, -0.25) is 9.69 Å². The maximum absolute atomic E-state index is 12.6. The van der Waals surface area contributed by atoms with Gasteiger partial charge in [0.1, 0.15) is 12.4 Å². The second-order valence-electron chi connectivity index (χ2n) is 8.05. The van der Waals surface area contributed by atoms with Gasteiger partial charge in [-0.1, -0.05) is 11.2 Å². The molecule has 1 aliphatic rings. The third-order valence-corrected chi connectivity index (χ3v) is 6.70. The van der Waals surface area contributed by atoms with Crippen molar-refractivity contribution in [3.8, 4) is 22.3 Å². The molecule has 4 heterocycles. The molecule has 9 nitrogen and oxygen atoms in total. The van der Waals surface area contributed by atoms with E-state index in [1.54, 1.807) is 30.7 Å². The summed E-state index contributed by atoms with van der Waals surface area (Å²) in [5.74, 6) is 1.66. The molecule has 0 unspecified atom stereocenters. The number of amides is 1. The van der Waals surface area contributed by atoms with Crippen LogP contribution in [0.2, 0.25) is 0 Å². The predicted molar refractivity (Wildman–Crippen MR) is 128 cm³/mol. The monoisotopic (exact) mass is 479 g/mol. The lowest BCUT2D eigenvalue weighted by Gasteiger charge is -2.31. The predicted octanol–water partition coefficient (Wildman–Crippen LogP) is 3.63. The summed E-state index contributed by atoms with van der Waals surface area (Å²) in [6.07, 6.45) is 3.39. The molecule has 5 rings (SSSR count). The molecule has 1 saturated heterocycles. The number of likely N-dealkylation sites (tertiary alicyclic amines) is 1. The van der Waals surface area contributed by atoms with Crippen molar-refractivity contribution in [2.45, 2.75) is 18.9 Å². The van der Waals surface area contributed by atoms with Gasteiger partial charge in [0, 0.05) is 37.8 Å². The van der Waals surface area contributed by atoms with E-state index in [2.05, 4.69) is 25.3 Å². The van der Waals surface area contributed by atoms with Crippen LogP contribution in [0.25, 0.3) is 21.7 Å². The van der Waals surface area contributed by atoms with E-state index in [0.717, 1.165) is 54.1 Å². The van der Waals surface area contributed by atoms with Crippen LogP contribution in [-0.4, -0.2) is 65.3 Å². The van der Waals surface area contributed by atoms with Crippen LogP contribution in [0.15, 0.2) is 52.5 Å². The Morgan fingerprint density at radius 1 is 1.24 bits per heavy atom. The van der Waals surface area contributed by atoms with Gasteiger partial charge in [-0.25, -0.2) is 9.97 Å². The van der Waals surface area contributed by atoms with Gasteiger partial charge in [-0.05, 0) is 36.4 Å². The van der Waals surface area contributed by atoms with Crippen molar-refractivity contribution in [3.63, 3.8) is 0 Å². The van der Waals surface area contributed by atoms with Crippen molar-refractivity contribution in [2.24, 2.45) is 0 Å². The number of hydrogen-bond acceptors (Lipinski definition) is 9. The average molecular weight is 480 g/mol. The van der Waals surface area contributed by atoms with Gasteiger partial charge in [0.05, 0.1) is 29.2 Å². The molecule has 3 aromatic heterocycles.